The molecule has 2 unspecified atom stereocenters. The summed E-state index contributed by atoms with van der Waals surface area (Å²) in [6, 6.07) is 8.89. The van der Waals surface area contributed by atoms with Crippen LogP contribution >= 0.6 is 0 Å². The number of aryl methyl sites for hydroxylation is 4. The Labute approximate surface area is 161 Å². The first kappa shape index (κ1) is 18.3. The van der Waals surface area contributed by atoms with E-state index < -0.39 is 0 Å². The van der Waals surface area contributed by atoms with Gasteiger partial charge in [0.15, 0.2) is 0 Å². The monoisotopic (exact) mass is 368 g/mol. The first-order valence-corrected chi connectivity index (χ1v) is 9.79. The van der Waals surface area contributed by atoms with Crippen molar-refractivity contribution in [2.75, 3.05) is 26.4 Å². The first-order chi connectivity index (χ1) is 13.0. The van der Waals surface area contributed by atoms with Crippen LogP contribution in [-0.2, 0) is 15.9 Å². The molecule has 27 heavy (non-hydrogen) atoms. The van der Waals surface area contributed by atoms with Crippen LogP contribution in [0.2, 0.25) is 0 Å². The van der Waals surface area contributed by atoms with E-state index in [1.165, 1.54) is 22.3 Å². The average molecular weight is 368 g/mol. The fraction of sp³-hybridized carbons (Fsp3) is 0.478. The summed E-state index contributed by atoms with van der Waals surface area (Å²) in [4.78, 5) is 0. The molecule has 0 radical (unpaired) electrons. The molecule has 2 atom stereocenters. The molecule has 2 saturated heterocycles. The van der Waals surface area contributed by atoms with Crippen LogP contribution in [0.1, 0.15) is 29.2 Å². The van der Waals surface area contributed by atoms with Crippen molar-refractivity contribution in [3.05, 3.63) is 46.5 Å². The Morgan fingerprint density at radius 1 is 0.778 bits per heavy atom. The van der Waals surface area contributed by atoms with Gasteiger partial charge in [-0.1, -0.05) is 6.92 Å². The fourth-order valence-corrected chi connectivity index (χ4v) is 3.51. The number of epoxide rings is 2. The minimum absolute atomic E-state index is 0.270. The van der Waals surface area contributed by atoms with E-state index in [1.807, 2.05) is 0 Å². The zero-order valence-corrected chi connectivity index (χ0v) is 16.6. The van der Waals surface area contributed by atoms with Gasteiger partial charge < -0.3 is 18.9 Å². The molecule has 2 aromatic rings. The highest BCUT2D eigenvalue weighted by atomic mass is 16.6. The summed E-state index contributed by atoms with van der Waals surface area (Å²) in [6.07, 6.45) is 1.48. The molecule has 0 saturated carbocycles. The highest BCUT2D eigenvalue weighted by Crippen LogP contribution is 2.35. The predicted octanol–water partition coefficient (Wildman–Crippen LogP) is 4.40. The Morgan fingerprint density at radius 2 is 1.22 bits per heavy atom. The van der Waals surface area contributed by atoms with Crippen molar-refractivity contribution in [3.8, 4) is 22.6 Å². The van der Waals surface area contributed by atoms with Gasteiger partial charge in [0.2, 0.25) is 0 Å². The molecular formula is C23H28O4. The summed E-state index contributed by atoms with van der Waals surface area (Å²) in [7, 11) is 0. The molecule has 144 valence electrons. The van der Waals surface area contributed by atoms with Crippen LogP contribution in [-0.4, -0.2) is 38.6 Å². The third-order valence-electron chi connectivity index (χ3n) is 5.16. The van der Waals surface area contributed by atoms with Gasteiger partial charge in [0.1, 0.15) is 36.9 Å². The van der Waals surface area contributed by atoms with Gasteiger partial charge in [0.05, 0.1) is 13.2 Å². The van der Waals surface area contributed by atoms with E-state index in [4.69, 9.17) is 18.9 Å². The van der Waals surface area contributed by atoms with Gasteiger partial charge in [0, 0.05) is 0 Å². The van der Waals surface area contributed by atoms with E-state index in [2.05, 4.69) is 52.0 Å². The van der Waals surface area contributed by atoms with E-state index in [9.17, 15) is 0 Å². The van der Waals surface area contributed by atoms with Gasteiger partial charge in [-0.25, -0.2) is 0 Å². The summed E-state index contributed by atoms with van der Waals surface area (Å²) < 4.78 is 22.5. The average Bonchev–Trinajstić information content (AvgIpc) is 3.53. The lowest BCUT2D eigenvalue weighted by molar-refractivity contribution is 0.260. The summed E-state index contributed by atoms with van der Waals surface area (Å²) in [5.41, 5.74) is 7.18. The SMILES string of the molecule is CCc1cc(-c2cc(C)c(OCC3CO3)c(C)c2)cc(C)c1OCC1CO1. The molecule has 2 aliphatic rings. The van der Waals surface area contributed by atoms with Crippen molar-refractivity contribution in [2.45, 2.75) is 46.3 Å². The molecule has 0 aromatic heterocycles. The van der Waals surface area contributed by atoms with Crippen molar-refractivity contribution in [1.82, 2.24) is 0 Å². The zero-order valence-electron chi connectivity index (χ0n) is 16.6. The quantitative estimate of drug-likeness (QED) is 0.648. The van der Waals surface area contributed by atoms with E-state index in [1.54, 1.807) is 0 Å². The first-order valence-electron chi connectivity index (χ1n) is 9.79. The Hall–Kier alpha value is -2.04. The van der Waals surface area contributed by atoms with Crippen LogP contribution in [0, 0.1) is 20.8 Å². The molecule has 2 fully saturated rings. The van der Waals surface area contributed by atoms with E-state index in [0.29, 0.717) is 13.2 Å². The lowest BCUT2D eigenvalue weighted by Crippen LogP contribution is -2.07. The van der Waals surface area contributed by atoms with Crippen molar-refractivity contribution in [1.29, 1.82) is 0 Å². The maximum absolute atomic E-state index is 6.04. The molecule has 4 nitrogen and oxygen atoms in total. The van der Waals surface area contributed by atoms with Crippen LogP contribution in [0.3, 0.4) is 0 Å². The highest BCUT2D eigenvalue weighted by Gasteiger charge is 2.25. The maximum Gasteiger partial charge on any atom is 0.125 e. The van der Waals surface area contributed by atoms with Crippen LogP contribution in [0.15, 0.2) is 24.3 Å². The van der Waals surface area contributed by atoms with Crippen LogP contribution in [0.25, 0.3) is 11.1 Å². The standard InChI is InChI=1S/C23H28O4/c1-5-17-9-19(8-16(4)23(17)27-13-21-11-25-21)18-6-14(2)22(15(3)7-18)26-12-20-10-24-20/h6-9,20-21H,5,10-13H2,1-4H3. The normalized spacial score (nSPS) is 20.4. The van der Waals surface area contributed by atoms with Gasteiger partial charge >= 0.3 is 0 Å². The van der Waals surface area contributed by atoms with Crippen molar-refractivity contribution in [3.63, 3.8) is 0 Å². The van der Waals surface area contributed by atoms with Crippen molar-refractivity contribution >= 4 is 0 Å². The molecule has 2 heterocycles. The molecule has 4 heteroatoms. The van der Waals surface area contributed by atoms with E-state index in [0.717, 1.165) is 42.3 Å². The number of ether oxygens (including phenoxy) is 4. The Bertz CT molecular complexity index is 812. The summed E-state index contributed by atoms with van der Waals surface area (Å²) >= 11 is 0. The third kappa shape index (κ3) is 4.28. The lowest BCUT2D eigenvalue weighted by atomic mass is 9.95. The fourth-order valence-electron chi connectivity index (χ4n) is 3.51. The van der Waals surface area contributed by atoms with Crippen molar-refractivity contribution in [2.24, 2.45) is 0 Å². The molecule has 4 rings (SSSR count). The number of hydrogen-bond donors (Lipinski definition) is 0. The lowest BCUT2D eigenvalue weighted by Gasteiger charge is -2.17. The molecule has 0 aliphatic carbocycles. The van der Waals surface area contributed by atoms with Crippen LogP contribution in [0.4, 0.5) is 0 Å². The Balaban J connectivity index is 1.60. The third-order valence-corrected chi connectivity index (χ3v) is 5.16. The molecule has 0 amide bonds. The van der Waals surface area contributed by atoms with E-state index >= 15 is 0 Å². The molecule has 2 aromatic carbocycles. The second-order valence-corrected chi connectivity index (χ2v) is 7.61. The number of benzene rings is 2. The molecule has 0 N–H and O–H groups in total. The number of rotatable bonds is 8. The topological polar surface area (TPSA) is 43.5 Å². The Morgan fingerprint density at radius 3 is 1.70 bits per heavy atom. The summed E-state index contributed by atoms with van der Waals surface area (Å²) in [5.74, 6) is 1.99. The minimum atomic E-state index is 0.270. The van der Waals surface area contributed by atoms with Crippen molar-refractivity contribution < 1.29 is 18.9 Å². The largest absolute Gasteiger partial charge is 0.490 e. The van der Waals surface area contributed by atoms with Gasteiger partial charge in [-0.15, -0.1) is 0 Å². The summed E-state index contributed by atoms with van der Waals surface area (Å²) in [5, 5.41) is 0. The van der Waals surface area contributed by atoms with Gasteiger partial charge in [-0.2, -0.15) is 0 Å². The second-order valence-electron chi connectivity index (χ2n) is 7.61. The minimum Gasteiger partial charge on any atom is -0.490 e. The van der Waals surface area contributed by atoms with Gasteiger partial charge in [0.25, 0.3) is 0 Å². The summed E-state index contributed by atoms with van der Waals surface area (Å²) in [6.45, 7) is 11.4. The zero-order chi connectivity index (χ0) is 19.0. The second kappa shape index (κ2) is 7.53. The molecule has 0 bridgehead atoms. The smallest absolute Gasteiger partial charge is 0.125 e. The molecular weight excluding hydrogens is 340 g/mol. The number of hydrogen-bond acceptors (Lipinski definition) is 4. The molecule has 2 aliphatic heterocycles. The van der Waals surface area contributed by atoms with Crippen LogP contribution < -0.4 is 9.47 Å². The maximum atomic E-state index is 6.04. The van der Waals surface area contributed by atoms with E-state index in [-0.39, 0.29) is 12.2 Å². The molecule has 0 spiro atoms. The van der Waals surface area contributed by atoms with Crippen LogP contribution in [0.5, 0.6) is 11.5 Å². The highest BCUT2D eigenvalue weighted by molar-refractivity contribution is 5.70. The van der Waals surface area contributed by atoms with Gasteiger partial charge in [-0.3, -0.25) is 0 Å². The van der Waals surface area contributed by atoms with Gasteiger partial charge in [-0.05, 0) is 84.8 Å². The predicted molar refractivity (Wildman–Crippen MR) is 106 cm³/mol. The Kier molecular flexibility index (Phi) is 5.11.